The third kappa shape index (κ3) is 6.03. The fourth-order valence-electron chi connectivity index (χ4n) is 2.61. The summed E-state index contributed by atoms with van der Waals surface area (Å²) in [5, 5.41) is 3.55. The highest BCUT2D eigenvalue weighted by molar-refractivity contribution is 5.32. The summed E-state index contributed by atoms with van der Waals surface area (Å²) in [6.45, 7) is 11.5. The molecule has 0 bridgehead atoms. The van der Waals surface area contributed by atoms with Gasteiger partial charge in [0.2, 0.25) is 0 Å². The van der Waals surface area contributed by atoms with Crippen molar-refractivity contribution in [3.63, 3.8) is 0 Å². The first kappa shape index (κ1) is 19.2. The minimum Gasteiger partial charge on any atom is -0.307 e. The minimum atomic E-state index is 0.292. The van der Waals surface area contributed by atoms with Crippen LogP contribution in [0.4, 0.5) is 0 Å². The molecule has 0 aliphatic carbocycles. The van der Waals surface area contributed by atoms with Gasteiger partial charge in [0.15, 0.2) is 0 Å². The number of likely N-dealkylation sites (N-methyl/N-ethyl adjacent to an activating group) is 1. The molecule has 0 radical (unpaired) electrons. The van der Waals surface area contributed by atoms with Crippen LogP contribution in [0.25, 0.3) is 0 Å². The van der Waals surface area contributed by atoms with Crippen molar-refractivity contribution in [3.05, 3.63) is 82.9 Å². The first-order chi connectivity index (χ1) is 11.2. The molecule has 2 rings (SSSR count). The molecule has 23 heavy (non-hydrogen) atoms. The Balaban J connectivity index is 0.00000127. The number of hydrogen-bond acceptors (Lipinski definition) is 1. The molecule has 0 saturated carbocycles. The summed E-state index contributed by atoms with van der Waals surface area (Å²) in [5.74, 6) is 0. The minimum absolute atomic E-state index is 0.292. The SMILES string of the molecule is CC.CCNC(/C=C\Cc1ccccc1C)c1ccccc1C. The lowest BCUT2D eigenvalue weighted by Gasteiger charge is -2.16. The lowest BCUT2D eigenvalue weighted by atomic mass is 9.99. The normalized spacial score (nSPS) is 11.9. The van der Waals surface area contributed by atoms with Crippen molar-refractivity contribution in [1.29, 1.82) is 0 Å². The molecule has 1 N–H and O–H groups in total. The summed E-state index contributed by atoms with van der Waals surface area (Å²) >= 11 is 0. The monoisotopic (exact) mass is 309 g/mol. The number of benzene rings is 2. The molecule has 0 heterocycles. The number of nitrogens with one attached hydrogen (secondary N) is 1. The van der Waals surface area contributed by atoms with Crippen molar-refractivity contribution in [1.82, 2.24) is 5.32 Å². The molecule has 0 spiro atoms. The Labute approximate surface area is 142 Å². The van der Waals surface area contributed by atoms with E-state index in [-0.39, 0.29) is 0 Å². The van der Waals surface area contributed by atoms with Gasteiger partial charge >= 0.3 is 0 Å². The molecular formula is C22H31N. The fraction of sp³-hybridized carbons (Fsp3) is 0.364. The highest BCUT2D eigenvalue weighted by atomic mass is 14.9. The van der Waals surface area contributed by atoms with Gasteiger partial charge < -0.3 is 5.32 Å². The van der Waals surface area contributed by atoms with Crippen LogP contribution in [0.15, 0.2) is 60.7 Å². The van der Waals surface area contributed by atoms with Gasteiger partial charge in [0, 0.05) is 0 Å². The standard InChI is InChI=1S/C20H25N.C2H6/c1-4-21-20(19-14-8-6-11-17(19)3)15-9-13-18-12-7-5-10-16(18)2;1-2/h5-12,14-15,20-21H,4,13H2,1-3H3;1-2H3/b15-9-;. The van der Waals surface area contributed by atoms with E-state index in [2.05, 4.69) is 86.8 Å². The van der Waals surface area contributed by atoms with E-state index >= 15 is 0 Å². The van der Waals surface area contributed by atoms with Crippen LogP contribution in [0.3, 0.4) is 0 Å². The van der Waals surface area contributed by atoms with Crippen molar-refractivity contribution in [3.8, 4) is 0 Å². The number of allylic oxidation sites excluding steroid dienone is 1. The Bertz CT molecular complexity index is 598. The van der Waals surface area contributed by atoms with E-state index in [0.29, 0.717) is 6.04 Å². The van der Waals surface area contributed by atoms with Gasteiger partial charge in [-0.05, 0) is 49.1 Å². The second-order valence-electron chi connectivity index (χ2n) is 5.45. The Morgan fingerprint density at radius 2 is 1.52 bits per heavy atom. The molecule has 0 saturated heterocycles. The van der Waals surface area contributed by atoms with E-state index in [1.165, 1.54) is 22.3 Å². The summed E-state index contributed by atoms with van der Waals surface area (Å²) in [4.78, 5) is 0. The molecule has 0 aliphatic heterocycles. The predicted octanol–water partition coefficient (Wildman–Crippen LogP) is 5.78. The molecule has 0 aromatic heterocycles. The van der Waals surface area contributed by atoms with E-state index in [0.717, 1.165) is 13.0 Å². The second kappa shape index (κ2) is 10.8. The molecule has 1 heteroatoms. The number of hydrogen-bond donors (Lipinski definition) is 1. The van der Waals surface area contributed by atoms with E-state index in [4.69, 9.17) is 0 Å². The largest absolute Gasteiger partial charge is 0.307 e. The smallest absolute Gasteiger partial charge is 0.0508 e. The van der Waals surface area contributed by atoms with E-state index in [1.54, 1.807) is 0 Å². The topological polar surface area (TPSA) is 12.0 Å². The highest BCUT2D eigenvalue weighted by Gasteiger charge is 2.08. The van der Waals surface area contributed by atoms with Gasteiger partial charge in [-0.1, -0.05) is 81.5 Å². The molecule has 1 nitrogen and oxygen atoms in total. The first-order valence-electron chi connectivity index (χ1n) is 8.72. The van der Waals surface area contributed by atoms with Gasteiger partial charge in [0.05, 0.1) is 6.04 Å². The van der Waals surface area contributed by atoms with Crippen molar-refractivity contribution >= 4 is 0 Å². The summed E-state index contributed by atoms with van der Waals surface area (Å²) in [5.41, 5.74) is 5.45. The van der Waals surface area contributed by atoms with Crippen LogP contribution in [0, 0.1) is 13.8 Å². The lowest BCUT2D eigenvalue weighted by molar-refractivity contribution is 0.644. The predicted molar refractivity (Wildman–Crippen MR) is 103 cm³/mol. The molecular weight excluding hydrogens is 278 g/mol. The average molecular weight is 309 g/mol. The van der Waals surface area contributed by atoms with E-state index < -0.39 is 0 Å². The number of rotatable bonds is 6. The van der Waals surface area contributed by atoms with Gasteiger partial charge in [-0.3, -0.25) is 0 Å². The molecule has 2 aromatic carbocycles. The Hall–Kier alpha value is -1.86. The maximum atomic E-state index is 3.55. The second-order valence-corrected chi connectivity index (χ2v) is 5.45. The summed E-state index contributed by atoms with van der Waals surface area (Å²) in [6, 6.07) is 17.5. The maximum Gasteiger partial charge on any atom is 0.0508 e. The van der Waals surface area contributed by atoms with Gasteiger partial charge in [-0.25, -0.2) is 0 Å². The van der Waals surface area contributed by atoms with E-state index in [1.807, 2.05) is 13.8 Å². The summed E-state index contributed by atoms with van der Waals surface area (Å²) in [6.07, 6.45) is 5.56. The Morgan fingerprint density at radius 3 is 2.13 bits per heavy atom. The van der Waals surface area contributed by atoms with E-state index in [9.17, 15) is 0 Å². The fourth-order valence-corrected chi connectivity index (χ4v) is 2.61. The van der Waals surface area contributed by atoms with Crippen molar-refractivity contribution < 1.29 is 0 Å². The zero-order valence-corrected chi connectivity index (χ0v) is 15.3. The van der Waals surface area contributed by atoms with Crippen LogP contribution in [0.5, 0.6) is 0 Å². The van der Waals surface area contributed by atoms with Crippen LogP contribution in [0.1, 0.15) is 49.1 Å². The zero-order valence-electron chi connectivity index (χ0n) is 15.3. The quantitative estimate of drug-likeness (QED) is 0.667. The number of aryl methyl sites for hydroxylation is 2. The zero-order chi connectivity index (χ0) is 17.1. The molecule has 0 amide bonds. The molecule has 124 valence electrons. The van der Waals surface area contributed by atoms with Crippen LogP contribution >= 0.6 is 0 Å². The first-order valence-corrected chi connectivity index (χ1v) is 8.72. The molecule has 1 atom stereocenters. The van der Waals surface area contributed by atoms with Crippen molar-refractivity contribution in [2.24, 2.45) is 0 Å². The van der Waals surface area contributed by atoms with Crippen LogP contribution in [0.2, 0.25) is 0 Å². The van der Waals surface area contributed by atoms with Gasteiger partial charge in [0.25, 0.3) is 0 Å². The van der Waals surface area contributed by atoms with Gasteiger partial charge in [-0.2, -0.15) is 0 Å². The van der Waals surface area contributed by atoms with Crippen molar-refractivity contribution in [2.45, 2.75) is 47.1 Å². The Morgan fingerprint density at radius 1 is 0.913 bits per heavy atom. The highest BCUT2D eigenvalue weighted by Crippen LogP contribution is 2.19. The maximum absolute atomic E-state index is 3.55. The summed E-state index contributed by atoms with van der Waals surface area (Å²) in [7, 11) is 0. The third-order valence-electron chi connectivity index (χ3n) is 3.88. The van der Waals surface area contributed by atoms with Crippen LogP contribution in [-0.4, -0.2) is 6.54 Å². The third-order valence-corrected chi connectivity index (χ3v) is 3.88. The van der Waals surface area contributed by atoms with Gasteiger partial charge in [0.1, 0.15) is 0 Å². The van der Waals surface area contributed by atoms with Crippen LogP contribution < -0.4 is 5.32 Å². The molecule has 0 aliphatic rings. The van der Waals surface area contributed by atoms with Gasteiger partial charge in [-0.15, -0.1) is 0 Å². The van der Waals surface area contributed by atoms with Crippen LogP contribution in [-0.2, 0) is 6.42 Å². The molecule has 1 unspecified atom stereocenters. The summed E-state index contributed by atoms with van der Waals surface area (Å²) < 4.78 is 0. The average Bonchev–Trinajstić information content (AvgIpc) is 2.58. The Kier molecular flexibility index (Phi) is 9.01. The molecule has 0 fully saturated rings. The lowest BCUT2D eigenvalue weighted by Crippen LogP contribution is -2.19. The molecule has 2 aromatic rings. The van der Waals surface area contributed by atoms with Crippen molar-refractivity contribution in [2.75, 3.05) is 6.54 Å².